The van der Waals surface area contributed by atoms with E-state index in [0.29, 0.717) is 17.5 Å². The van der Waals surface area contributed by atoms with Crippen molar-refractivity contribution in [3.05, 3.63) is 249 Å². The third-order valence-corrected chi connectivity index (χ3v) is 12.8. The first kappa shape index (κ1) is 38.9. The fraction of sp³-hybridized carbons (Fsp3) is 0. The summed E-state index contributed by atoms with van der Waals surface area (Å²) < 4.78 is 0. The van der Waals surface area contributed by atoms with E-state index in [9.17, 15) is 0 Å². The van der Waals surface area contributed by atoms with Crippen LogP contribution in [0.4, 0.5) is 0 Å². The normalized spacial score (nSPS) is 11.3. The van der Waals surface area contributed by atoms with Crippen molar-refractivity contribution in [2.45, 2.75) is 0 Å². The van der Waals surface area contributed by atoms with Gasteiger partial charge in [0, 0.05) is 16.7 Å². The molecule has 0 saturated heterocycles. The highest BCUT2D eigenvalue weighted by atomic mass is 15.0. The molecule has 0 amide bonds. The first-order chi connectivity index (χ1) is 32.7. The molecule has 0 spiro atoms. The third kappa shape index (κ3) is 7.19. The fourth-order valence-corrected chi connectivity index (χ4v) is 9.52. The second-order valence-corrected chi connectivity index (χ2v) is 16.7. The summed E-state index contributed by atoms with van der Waals surface area (Å²) in [6.45, 7) is 0. The first-order valence-corrected chi connectivity index (χ1v) is 22.4. The Hall–Kier alpha value is -8.79. The lowest BCUT2D eigenvalue weighted by Crippen LogP contribution is -2.00. The second-order valence-electron chi connectivity index (χ2n) is 16.7. The Balaban J connectivity index is 0.959. The van der Waals surface area contributed by atoms with Gasteiger partial charge in [-0.05, 0) is 94.0 Å². The number of fused-ring (bicyclic) bond motifs is 3. The third-order valence-electron chi connectivity index (χ3n) is 12.8. The van der Waals surface area contributed by atoms with E-state index >= 15 is 0 Å². The summed E-state index contributed by atoms with van der Waals surface area (Å²) in [5, 5.41) is 7.30. The van der Waals surface area contributed by atoms with Gasteiger partial charge in [0.1, 0.15) is 0 Å². The van der Waals surface area contributed by atoms with E-state index in [-0.39, 0.29) is 0 Å². The topological polar surface area (TPSA) is 38.7 Å². The largest absolute Gasteiger partial charge is 0.208 e. The molecule has 0 atom stereocenters. The lowest BCUT2D eigenvalue weighted by atomic mass is 9.91. The molecule has 0 bridgehead atoms. The van der Waals surface area contributed by atoms with Crippen LogP contribution in [0, 0.1) is 0 Å². The highest BCUT2D eigenvalue weighted by molar-refractivity contribution is 6.06. The zero-order chi connectivity index (χ0) is 43.8. The number of nitrogens with zero attached hydrogens (tertiary/aromatic N) is 3. The Morgan fingerprint density at radius 1 is 0.182 bits per heavy atom. The lowest BCUT2D eigenvalue weighted by Gasteiger charge is -2.14. The summed E-state index contributed by atoms with van der Waals surface area (Å²) in [6.07, 6.45) is 0. The number of hydrogen-bond acceptors (Lipinski definition) is 3. The first-order valence-electron chi connectivity index (χ1n) is 22.4. The summed E-state index contributed by atoms with van der Waals surface area (Å²) in [4.78, 5) is 15.6. The number of aromatic nitrogens is 3. The molecule has 11 aromatic carbocycles. The molecule has 66 heavy (non-hydrogen) atoms. The van der Waals surface area contributed by atoms with Crippen LogP contribution in [0.1, 0.15) is 0 Å². The van der Waals surface area contributed by atoms with E-state index < -0.39 is 0 Å². The molecule has 0 aliphatic carbocycles. The van der Waals surface area contributed by atoms with E-state index in [4.69, 9.17) is 15.0 Å². The molecule has 3 nitrogen and oxygen atoms in total. The van der Waals surface area contributed by atoms with Gasteiger partial charge in [0.15, 0.2) is 17.5 Å². The van der Waals surface area contributed by atoms with Crippen LogP contribution in [0.2, 0.25) is 0 Å². The number of benzene rings is 11. The standard InChI is InChI=1S/C63H41N3/c1-3-15-42(16-4-1)53-27-13-30-60-54(28-14-29-59(53)60)46-33-37-48(38-34-46)62-64-61(47-35-31-45(32-36-47)52-26-12-20-44-19-7-8-23-51(44)52)65-63(66-62)50-22-11-21-49(41-50)56-40-39-55(43-17-5-2-6-18-43)57-24-9-10-25-58(56)57/h1-41H. The van der Waals surface area contributed by atoms with Gasteiger partial charge in [-0.3, -0.25) is 0 Å². The minimum absolute atomic E-state index is 0.617. The lowest BCUT2D eigenvalue weighted by molar-refractivity contribution is 1.07. The van der Waals surface area contributed by atoms with Crippen molar-refractivity contribution in [2.75, 3.05) is 0 Å². The summed E-state index contributed by atoms with van der Waals surface area (Å²) in [5.41, 5.74) is 14.5. The molecule has 12 aromatic rings. The molecule has 0 N–H and O–H groups in total. The molecule has 1 aromatic heterocycles. The Morgan fingerprint density at radius 3 is 1.02 bits per heavy atom. The molecule has 1 heterocycles. The zero-order valence-corrected chi connectivity index (χ0v) is 36.0. The summed E-state index contributed by atoms with van der Waals surface area (Å²) in [7, 11) is 0. The highest BCUT2D eigenvalue weighted by Gasteiger charge is 2.16. The van der Waals surface area contributed by atoms with Crippen molar-refractivity contribution in [3.8, 4) is 89.8 Å². The van der Waals surface area contributed by atoms with E-state index in [1.165, 1.54) is 65.7 Å². The molecule has 0 radical (unpaired) electrons. The van der Waals surface area contributed by atoms with Crippen molar-refractivity contribution in [1.29, 1.82) is 0 Å². The maximum absolute atomic E-state index is 5.22. The van der Waals surface area contributed by atoms with E-state index in [1.54, 1.807) is 0 Å². The Kier molecular flexibility index (Phi) is 9.85. The van der Waals surface area contributed by atoms with Crippen LogP contribution in [0.15, 0.2) is 249 Å². The van der Waals surface area contributed by atoms with Crippen LogP contribution >= 0.6 is 0 Å². The van der Waals surface area contributed by atoms with E-state index in [0.717, 1.165) is 38.9 Å². The SMILES string of the molecule is c1ccc(-c2cccc3c(-c4ccc(-c5nc(-c6ccc(-c7cccc8ccccc78)cc6)nc(-c6cccc(-c7ccc(-c8ccccc8)c8ccccc78)c6)n5)cc4)cccc23)cc1. The molecular formula is C63H41N3. The van der Waals surface area contributed by atoms with Gasteiger partial charge in [-0.1, -0.05) is 243 Å². The molecule has 0 unspecified atom stereocenters. The Morgan fingerprint density at radius 2 is 0.485 bits per heavy atom. The second kappa shape index (κ2) is 16.7. The molecule has 308 valence electrons. The van der Waals surface area contributed by atoms with Gasteiger partial charge in [-0.2, -0.15) is 0 Å². The predicted molar refractivity (Wildman–Crippen MR) is 276 cm³/mol. The van der Waals surface area contributed by atoms with Gasteiger partial charge >= 0.3 is 0 Å². The Bertz CT molecular complexity index is 3720. The maximum Gasteiger partial charge on any atom is 0.164 e. The molecule has 12 rings (SSSR count). The van der Waals surface area contributed by atoms with Crippen LogP contribution in [0.25, 0.3) is 122 Å². The van der Waals surface area contributed by atoms with Crippen molar-refractivity contribution < 1.29 is 0 Å². The summed E-state index contributed by atoms with van der Waals surface area (Å²) in [5.74, 6) is 1.85. The van der Waals surface area contributed by atoms with Gasteiger partial charge in [0.05, 0.1) is 0 Å². The summed E-state index contributed by atoms with van der Waals surface area (Å²) >= 11 is 0. The predicted octanol–water partition coefficient (Wildman–Crippen LogP) is 16.7. The fourth-order valence-electron chi connectivity index (χ4n) is 9.52. The minimum Gasteiger partial charge on any atom is -0.208 e. The van der Waals surface area contributed by atoms with Crippen LogP contribution in [0.5, 0.6) is 0 Å². The Labute approximate surface area is 384 Å². The van der Waals surface area contributed by atoms with Crippen LogP contribution in [-0.2, 0) is 0 Å². The van der Waals surface area contributed by atoms with Crippen LogP contribution in [-0.4, -0.2) is 15.0 Å². The van der Waals surface area contributed by atoms with Gasteiger partial charge in [0.2, 0.25) is 0 Å². The van der Waals surface area contributed by atoms with Crippen molar-refractivity contribution in [3.63, 3.8) is 0 Å². The smallest absolute Gasteiger partial charge is 0.164 e. The summed E-state index contributed by atoms with van der Waals surface area (Å²) in [6, 6.07) is 88.4. The number of rotatable bonds is 8. The average Bonchev–Trinajstić information content (AvgIpc) is 3.40. The molecule has 0 aliphatic heterocycles. The maximum atomic E-state index is 5.22. The van der Waals surface area contributed by atoms with Crippen LogP contribution in [0.3, 0.4) is 0 Å². The molecule has 3 heteroatoms. The number of hydrogen-bond donors (Lipinski definition) is 0. The minimum atomic E-state index is 0.617. The molecule has 0 saturated carbocycles. The van der Waals surface area contributed by atoms with Gasteiger partial charge in [0.25, 0.3) is 0 Å². The van der Waals surface area contributed by atoms with Crippen LogP contribution < -0.4 is 0 Å². The quantitative estimate of drug-likeness (QED) is 0.153. The highest BCUT2D eigenvalue weighted by Crippen LogP contribution is 2.39. The zero-order valence-electron chi connectivity index (χ0n) is 36.0. The van der Waals surface area contributed by atoms with Crippen molar-refractivity contribution in [1.82, 2.24) is 15.0 Å². The van der Waals surface area contributed by atoms with Gasteiger partial charge in [-0.25, -0.2) is 15.0 Å². The van der Waals surface area contributed by atoms with Crippen molar-refractivity contribution in [2.24, 2.45) is 0 Å². The average molecular weight is 840 g/mol. The van der Waals surface area contributed by atoms with E-state index in [1.807, 2.05) is 0 Å². The molecule has 0 fully saturated rings. The molecule has 0 aliphatic rings. The van der Waals surface area contributed by atoms with E-state index in [2.05, 4.69) is 249 Å². The van der Waals surface area contributed by atoms with Gasteiger partial charge in [-0.15, -0.1) is 0 Å². The molecular weight excluding hydrogens is 799 g/mol. The monoisotopic (exact) mass is 839 g/mol. The van der Waals surface area contributed by atoms with Gasteiger partial charge < -0.3 is 0 Å². The van der Waals surface area contributed by atoms with Crippen molar-refractivity contribution >= 4 is 32.3 Å².